The van der Waals surface area contributed by atoms with Crippen molar-refractivity contribution < 1.29 is 5.21 Å². The SMILES string of the molecule is CC(=NO)C1=CCCN(C)C1. The minimum Gasteiger partial charge on any atom is -0.411 e. The van der Waals surface area contributed by atoms with Crippen LogP contribution in [-0.4, -0.2) is 36.0 Å². The highest BCUT2D eigenvalue weighted by molar-refractivity contribution is 5.98. The molecule has 0 aromatic heterocycles. The van der Waals surface area contributed by atoms with E-state index in [-0.39, 0.29) is 0 Å². The lowest BCUT2D eigenvalue weighted by atomic mass is 10.1. The molecule has 0 aliphatic carbocycles. The number of oxime groups is 1. The zero-order valence-electron chi connectivity index (χ0n) is 7.04. The second kappa shape index (κ2) is 3.53. The molecule has 11 heavy (non-hydrogen) atoms. The first-order valence-corrected chi connectivity index (χ1v) is 3.80. The Morgan fingerprint density at radius 1 is 1.73 bits per heavy atom. The molecule has 0 aromatic rings. The monoisotopic (exact) mass is 154 g/mol. The maximum Gasteiger partial charge on any atom is 0.0806 e. The van der Waals surface area contributed by atoms with Crippen LogP contribution in [0.4, 0.5) is 0 Å². The number of rotatable bonds is 1. The van der Waals surface area contributed by atoms with Gasteiger partial charge in [0.2, 0.25) is 0 Å². The molecule has 0 spiro atoms. The van der Waals surface area contributed by atoms with Crippen LogP contribution in [0.3, 0.4) is 0 Å². The van der Waals surface area contributed by atoms with Gasteiger partial charge in [-0.2, -0.15) is 0 Å². The summed E-state index contributed by atoms with van der Waals surface area (Å²) in [5, 5.41) is 11.7. The van der Waals surface area contributed by atoms with E-state index in [4.69, 9.17) is 5.21 Å². The number of nitrogens with zero attached hydrogens (tertiary/aromatic N) is 2. The van der Waals surface area contributed by atoms with Gasteiger partial charge in [0.15, 0.2) is 0 Å². The molecule has 0 unspecified atom stereocenters. The normalized spacial score (nSPS) is 21.6. The Morgan fingerprint density at radius 2 is 2.45 bits per heavy atom. The fourth-order valence-corrected chi connectivity index (χ4v) is 1.22. The standard InChI is InChI=1S/C8H14N2O/c1-7(9-11)8-4-3-5-10(2)6-8/h4,11H,3,5-6H2,1-2H3. The molecular formula is C8H14N2O. The molecule has 0 saturated heterocycles. The van der Waals surface area contributed by atoms with Gasteiger partial charge in [0.25, 0.3) is 0 Å². The number of hydrogen-bond donors (Lipinski definition) is 1. The summed E-state index contributed by atoms with van der Waals surface area (Å²) in [7, 11) is 2.07. The van der Waals surface area contributed by atoms with E-state index in [0.29, 0.717) is 0 Å². The van der Waals surface area contributed by atoms with Gasteiger partial charge < -0.3 is 10.1 Å². The summed E-state index contributed by atoms with van der Waals surface area (Å²) in [5.74, 6) is 0. The molecule has 1 aliphatic rings. The van der Waals surface area contributed by atoms with Crippen molar-refractivity contribution in [1.82, 2.24) is 4.90 Å². The Labute approximate surface area is 67.0 Å². The fourth-order valence-electron chi connectivity index (χ4n) is 1.22. The van der Waals surface area contributed by atoms with Crippen LogP contribution in [-0.2, 0) is 0 Å². The topological polar surface area (TPSA) is 35.8 Å². The van der Waals surface area contributed by atoms with E-state index >= 15 is 0 Å². The third-order valence-corrected chi connectivity index (χ3v) is 1.96. The van der Waals surface area contributed by atoms with Gasteiger partial charge >= 0.3 is 0 Å². The minimum absolute atomic E-state index is 0.733. The fraction of sp³-hybridized carbons (Fsp3) is 0.625. The molecule has 1 heterocycles. The van der Waals surface area contributed by atoms with E-state index in [2.05, 4.69) is 23.2 Å². The van der Waals surface area contributed by atoms with Crippen molar-refractivity contribution in [2.45, 2.75) is 13.3 Å². The zero-order chi connectivity index (χ0) is 8.27. The zero-order valence-corrected chi connectivity index (χ0v) is 7.04. The average Bonchev–Trinajstić information content (AvgIpc) is 2.03. The molecule has 0 amide bonds. The lowest BCUT2D eigenvalue weighted by molar-refractivity contribution is 0.316. The average molecular weight is 154 g/mol. The third-order valence-electron chi connectivity index (χ3n) is 1.96. The summed E-state index contributed by atoms with van der Waals surface area (Å²) in [6, 6.07) is 0. The third kappa shape index (κ3) is 2.05. The van der Waals surface area contributed by atoms with E-state index in [1.165, 1.54) is 0 Å². The lowest BCUT2D eigenvalue weighted by Gasteiger charge is -2.22. The Balaban J connectivity index is 2.65. The Hall–Kier alpha value is -0.830. The van der Waals surface area contributed by atoms with Crippen molar-refractivity contribution in [1.29, 1.82) is 0 Å². The molecule has 1 rings (SSSR count). The van der Waals surface area contributed by atoms with Crippen molar-refractivity contribution in [3.63, 3.8) is 0 Å². The smallest absolute Gasteiger partial charge is 0.0806 e. The van der Waals surface area contributed by atoms with Crippen LogP contribution < -0.4 is 0 Å². The van der Waals surface area contributed by atoms with Crippen LogP contribution in [0.2, 0.25) is 0 Å². The molecule has 3 heteroatoms. The van der Waals surface area contributed by atoms with E-state index in [1.807, 2.05) is 6.92 Å². The molecular weight excluding hydrogens is 140 g/mol. The highest BCUT2D eigenvalue weighted by atomic mass is 16.4. The van der Waals surface area contributed by atoms with Crippen LogP contribution in [0.1, 0.15) is 13.3 Å². The summed E-state index contributed by atoms with van der Waals surface area (Å²) in [5.41, 5.74) is 1.87. The predicted molar refractivity (Wildman–Crippen MR) is 45.1 cm³/mol. The summed E-state index contributed by atoms with van der Waals surface area (Å²) >= 11 is 0. The van der Waals surface area contributed by atoms with Gasteiger partial charge in [0.05, 0.1) is 5.71 Å². The van der Waals surface area contributed by atoms with E-state index in [0.717, 1.165) is 30.8 Å². The number of hydrogen-bond acceptors (Lipinski definition) is 3. The van der Waals surface area contributed by atoms with Crippen molar-refractivity contribution in [3.05, 3.63) is 11.6 Å². The van der Waals surface area contributed by atoms with Crippen molar-refractivity contribution in [2.75, 3.05) is 20.1 Å². The molecule has 0 saturated carbocycles. The van der Waals surface area contributed by atoms with Crippen LogP contribution in [0, 0.1) is 0 Å². The maximum atomic E-state index is 8.50. The van der Waals surface area contributed by atoms with Gasteiger partial charge in [-0.15, -0.1) is 0 Å². The minimum atomic E-state index is 0.733. The second-order valence-corrected chi connectivity index (χ2v) is 2.94. The van der Waals surface area contributed by atoms with Crippen LogP contribution in [0.5, 0.6) is 0 Å². The molecule has 1 N–H and O–H groups in total. The molecule has 0 fully saturated rings. The van der Waals surface area contributed by atoms with Crippen LogP contribution in [0.15, 0.2) is 16.8 Å². The summed E-state index contributed by atoms with van der Waals surface area (Å²) in [4.78, 5) is 2.21. The first-order chi connectivity index (χ1) is 5.24. The molecule has 1 aliphatic heterocycles. The maximum absolute atomic E-state index is 8.50. The van der Waals surface area contributed by atoms with Crippen molar-refractivity contribution >= 4 is 5.71 Å². The summed E-state index contributed by atoms with van der Waals surface area (Å²) in [6.07, 6.45) is 3.19. The van der Waals surface area contributed by atoms with Gasteiger partial charge in [-0.05, 0) is 26.0 Å². The number of likely N-dealkylation sites (N-methyl/N-ethyl adjacent to an activating group) is 1. The summed E-state index contributed by atoms with van der Waals surface area (Å²) in [6.45, 7) is 3.82. The molecule has 3 nitrogen and oxygen atoms in total. The first kappa shape index (κ1) is 8.27. The van der Waals surface area contributed by atoms with Crippen molar-refractivity contribution in [3.8, 4) is 0 Å². The van der Waals surface area contributed by atoms with E-state index in [9.17, 15) is 0 Å². The van der Waals surface area contributed by atoms with Gasteiger partial charge in [-0.3, -0.25) is 0 Å². The van der Waals surface area contributed by atoms with Crippen LogP contribution in [0.25, 0.3) is 0 Å². The van der Waals surface area contributed by atoms with Crippen molar-refractivity contribution in [2.24, 2.45) is 5.16 Å². The largest absolute Gasteiger partial charge is 0.411 e. The Bertz CT molecular complexity index is 196. The highest BCUT2D eigenvalue weighted by Gasteiger charge is 2.10. The van der Waals surface area contributed by atoms with Gasteiger partial charge in [-0.25, -0.2) is 0 Å². The highest BCUT2D eigenvalue weighted by Crippen LogP contribution is 2.08. The predicted octanol–water partition coefficient (Wildman–Crippen LogP) is 1.10. The first-order valence-electron chi connectivity index (χ1n) is 3.80. The molecule has 0 atom stereocenters. The summed E-state index contributed by atoms with van der Waals surface area (Å²) < 4.78 is 0. The molecule has 0 aromatic carbocycles. The van der Waals surface area contributed by atoms with E-state index < -0.39 is 0 Å². The molecule has 0 bridgehead atoms. The molecule has 0 radical (unpaired) electrons. The van der Waals surface area contributed by atoms with E-state index in [1.54, 1.807) is 0 Å². The molecule has 62 valence electrons. The van der Waals surface area contributed by atoms with Gasteiger partial charge in [0.1, 0.15) is 0 Å². The lowest BCUT2D eigenvalue weighted by Crippen LogP contribution is -2.27. The van der Waals surface area contributed by atoms with Gasteiger partial charge in [0, 0.05) is 13.1 Å². The second-order valence-electron chi connectivity index (χ2n) is 2.94. The Kier molecular flexibility index (Phi) is 2.65. The van der Waals surface area contributed by atoms with Gasteiger partial charge in [-0.1, -0.05) is 11.2 Å². The quantitative estimate of drug-likeness (QED) is 0.349. The van der Waals surface area contributed by atoms with Crippen LogP contribution >= 0.6 is 0 Å². The Morgan fingerprint density at radius 3 is 3.00 bits per heavy atom.